The number of benzene rings is 1. The lowest BCUT2D eigenvalue weighted by Crippen LogP contribution is -2.30. The van der Waals surface area contributed by atoms with Gasteiger partial charge in [-0.3, -0.25) is 9.59 Å². The minimum atomic E-state index is -1.04. The van der Waals surface area contributed by atoms with Crippen LogP contribution in [0.25, 0.3) is 0 Å². The number of hydrogen-bond donors (Lipinski definition) is 1. The SMILES string of the molecule is COc1ccc(CC(=O)O[C@@H](C)C(=O)Nc2ncc(Cl)cc2Cl)cc1OC. The second-order valence-electron chi connectivity index (χ2n) is 5.47. The molecule has 1 aromatic carbocycles. The van der Waals surface area contributed by atoms with Crippen LogP contribution in [-0.4, -0.2) is 37.2 Å². The zero-order valence-electron chi connectivity index (χ0n) is 14.9. The highest BCUT2D eigenvalue weighted by molar-refractivity contribution is 6.36. The summed E-state index contributed by atoms with van der Waals surface area (Å²) in [6.45, 7) is 1.45. The van der Waals surface area contributed by atoms with E-state index < -0.39 is 18.0 Å². The lowest BCUT2D eigenvalue weighted by atomic mass is 10.1. The van der Waals surface area contributed by atoms with Gasteiger partial charge in [0, 0.05) is 6.20 Å². The topological polar surface area (TPSA) is 86.8 Å². The number of nitrogens with zero attached hydrogens (tertiary/aromatic N) is 1. The Morgan fingerprint density at radius 3 is 2.48 bits per heavy atom. The Labute approximate surface area is 166 Å². The number of halogens is 2. The van der Waals surface area contributed by atoms with E-state index >= 15 is 0 Å². The first-order valence-corrected chi connectivity index (χ1v) is 8.62. The normalized spacial score (nSPS) is 11.4. The smallest absolute Gasteiger partial charge is 0.311 e. The molecule has 0 aliphatic carbocycles. The van der Waals surface area contributed by atoms with Crippen LogP contribution in [-0.2, 0) is 20.7 Å². The van der Waals surface area contributed by atoms with Crippen molar-refractivity contribution in [2.45, 2.75) is 19.4 Å². The predicted octanol–water partition coefficient (Wildman–Crippen LogP) is 3.52. The number of aromatic nitrogens is 1. The van der Waals surface area contributed by atoms with Gasteiger partial charge < -0.3 is 19.5 Å². The highest BCUT2D eigenvalue weighted by atomic mass is 35.5. The molecule has 0 saturated heterocycles. The second kappa shape index (κ2) is 9.43. The van der Waals surface area contributed by atoms with Crippen molar-refractivity contribution in [1.82, 2.24) is 4.98 Å². The van der Waals surface area contributed by atoms with Crippen LogP contribution >= 0.6 is 23.2 Å². The minimum Gasteiger partial charge on any atom is -0.493 e. The molecule has 1 amide bonds. The average molecular weight is 413 g/mol. The largest absolute Gasteiger partial charge is 0.493 e. The number of amides is 1. The molecule has 1 N–H and O–H groups in total. The lowest BCUT2D eigenvalue weighted by molar-refractivity contribution is -0.152. The van der Waals surface area contributed by atoms with Crippen molar-refractivity contribution >= 4 is 40.9 Å². The van der Waals surface area contributed by atoms with Gasteiger partial charge in [0.15, 0.2) is 23.4 Å². The van der Waals surface area contributed by atoms with E-state index in [1.54, 1.807) is 18.2 Å². The van der Waals surface area contributed by atoms with Gasteiger partial charge in [-0.1, -0.05) is 29.3 Å². The standard InChI is InChI=1S/C18H18Cl2N2O5/c1-10(18(24)22-17-13(20)8-12(19)9-21-17)27-16(23)7-11-4-5-14(25-2)15(6-11)26-3/h4-6,8-10H,7H2,1-3H3,(H,21,22,24)/t10-/m0/s1. The third-order valence-electron chi connectivity index (χ3n) is 3.52. The molecule has 9 heteroatoms. The van der Waals surface area contributed by atoms with Crippen molar-refractivity contribution in [2.24, 2.45) is 0 Å². The zero-order chi connectivity index (χ0) is 20.0. The zero-order valence-corrected chi connectivity index (χ0v) is 16.4. The first-order chi connectivity index (χ1) is 12.8. The van der Waals surface area contributed by atoms with Crippen LogP contribution in [0.15, 0.2) is 30.5 Å². The molecule has 1 heterocycles. The van der Waals surface area contributed by atoms with Gasteiger partial charge in [0.05, 0.1) is 30.7 Å². The lowest BCUT2D eigenvalue weighted by Gasteiger charge is -2.14. The maximum atomic E-state index is 12.2. The molecule has 0 radical (unpaired) electrons. The molecule has 0 aliphatic heterocycles. The molecular weight excluding hydrogens is 395 g/mol. The van der Waals surface area contributed by atoms with E-state index in [1.807, 2.05) is 0 Å². The molecule has 27 heavy (non-hydrogen) atoms. The average Bonchev–Trinajstić information content (AvgIpc) is 2.63. The van der Waals surface area contributed by atoms with Crippen LogP contribution in [0.5, 0.6) is 11.5 Å². The number of carbonyl (C=O) groups is 2. The molecule has 0 aliphatic rings. The van der Waals surface area contributed by atoms with Crippen molar-refractivity contribution in [2.75, 3.05) is 19.5 Å². The van der Waals surface area contributed by atoms with E-state index in [9.17, 15) is 9.59 Å². The minimum absolute atomic E-state index is 0.0298. The Kier molecular flexibility index (Phi) is 7.27. The number of pyridine rings is 1. The summed E-state index contributed by atoms with van der Waals surface area (Å²) in [5.41, 5.74) is 0.660. The summed E-state index contributed by atoms with van der Waals surface area (Å²) in [6, 6.07) is 6.51. The quantitative estimate of drug-likeness (QED) is 0.699. The van der Waals surface area contributed by atoms with Gasteiger partial charge in [-0.15, -0.1) is 0 Å². The van der Waals surface area contributed by atoms with Crippen LogP contribution < -0.4 is 14.8 Å². The molecule has 144 valence electrons. The van der Waals surface area contributed by atoms with E-state index in [-0.39, 0.29) is 17.3 Å². The summed E-state index contributed by atoms with van der Waals surface area (Å²) in [4.78, 5) is 28.2. The number of nitrogens with one attached hydrogen (secondary N) is 1. The van der Waals surface area contributed by atoms with Gasteiger partial charge >= 0.3 is 5.97 Å². The van der Waals surface area contributed by atoms with Crippen molar-refractivity contribution in [3.05, 3.63) is 46.1 Å². The molecule has 0 bridgehead atoms. The monoisotopic (exact) mass is 412 g/mol. The van der Waals surface area contributed by atoms with Crippen molar-refractivity contribution < 1.29 is 23.8 Å². The first-order valence-electron chi connectivity index (χ1n) is 7.86. The first kappa shape index (κ1) is 20.8. The van der Waals surface area contributed by atoms with Gasteiger partial charge in [0.1, 0.15) is 0 Å². The van der Waals surface area contributed by atoms with E-state index in [4.69, 9.17) is 37.4 Å². The van der Waals surface area contributed by atoms with Crippen LogP contribution in [0, 0.1) is 0 Å². The number of ether oxygens (including phenoxy) is 3. The second-order valence-corrected chi connectivity index (χ2v) is 6.32. The van der Waals surface area contributed by atoms with Crippen LogP contribution in [0.2, 0.25) is 10.0 Å². The highest BCUT2D eigenvalue weighted by Gasteiger charge is 2.20. The fourth-order valence-electron chi connectivity index (χ4n) is 2.17. The maximum Gasteiger partial charge on any atom is 0.311 e. The third kappa shape index (κ3) is 5.74. The summed E-state index contributed by atoms with van der Waals surface area (Å²) in [5.74, 6) is 0.0491. The highest BCUT2D eigenvalue weighted by Crippen LogP contribution is 2.28. The summed E-state index contributed by atoms with van der Waals surface area (Å²) in [7, 11) is 3.02. The van der Waals surface area contributed by atoms with Crippen LogP contribution in [0.1, 0.15) is 12.5 Å². The molecule has 0 fully saturated rings. The van der Waals surface area contributed by atoms with Gasteiger partial charge in [0.2, 0.25) is 0 Å². The molecule has 0 spiro atoms. The van der Waals surface area contributed by atoms with Crippen molar-refractivity contribution in [3.8, 4) is 11.5 Å². The maximum absolute atomic E-state index is 12.2. The molecule has 0 saturated carbocycles. The predicted molar refractivity (Wildman–Crippen MR) is 102 cm³/mol. The fourth-order valence-corrected chi connectivity index (χ4v) is 2.60. The Balaban J connectivity index is 1.95. The Morgan fingerprint density at radius 2 is 1.85 bits per heavy atom. The number of anilines is 1. The van der Waals surface area contributed by atoms with E-state index in [0.717, 1.165) is 0 Å². The van der Waals surface area contributed by atoms with Crippen LogP contribution in [0.3, 0.4) is 0 Å². The third-order valence-corrected chi connectivity index (χ3v) is 4.02. The Hall–Kier alpha value is -2.51. The molecule has 1 atom stereocenters. The number of rotatable bonds is 7. The number of carbonyl (C=O) groups excluding carboxylic acids is 2. The van der Waals surface area contributed by atoms with Gasteiger partial charge in [-0.2, -0.15) is 0 Å². The van der Waals surface area contributed by atoms with Gasteiger partial charge in [0.25, 0.3) is 5.91 Å². The van der Waals surface area contributed by atoms with Crippen molar-refractivity contribution in [1.29, 1.82) is 0 Å². The summed E-state index contributed by atoms with van der Waals surface area (Å²) >= 11 is 11.7. The molecule has 2 aromatic rings. The van der Waals surface area contributed by atoms with Crippen LogP contribution in [0.4, 0.5) is 5.82 Å². The van der Waals surface area contributed by atoms with Gasteiger partial charge in [-0.05, 0) is 30.7 Å². The molecule has 1 aromatic heterocycles. The fraction of sp³-hybridized carbons (Fsp3) is 0.278. The van der Waals surface area contributed by atoms with E-state index in [2.05, 4.69) is 10.3 Å². The van der Waals surface area contributed by atoms with E-state index in [1.165, 1.54) is 33.4 Å². The van der Waals surface area contributed by atoms with E-state index in [0.29, 0.717) is 22.1 Å². The molecule has 7 nitrogen and oxygen atoms in total. The van der Waals surface area contributed by atoms with Gasteiger partial charge in [-0.25, -0.2) is 4.98 Å². The summed E-state index contributed by atoms with van der Waals surface area (Å²) < 4.78 is 15.5. The van der Waals surface area contributed by atoms with Crippen molar-refractivity contribution in [3.63, 3.8) is 0 Å². The molecule has 2 rings (SSSR count). The summed E-state index contributed by atoms with van der Waals surface area (Å²) in [6.07, 6.45) is 0.278. The Bertz CT molecular complexity index is 844. The molecular formula is C18H18Cl2N2O5. The number of hydrogen-bond acceptors (Lipinski definition) is 6. The molecule has 0 unspecified atom stereocenters. The number of methoxy groups -OCH3 is 2. The summed E-state index contributed by atoms with van der Waals surface area (Å²) in [5, 5.41) is 3.01. The Morgan fingerprint density at radius 1 is 1.15 bits per heavy atom. The number of esters is 1.